The lowest BCUT2D eigenvalue weighted by Crippen LogP contribution is -2.46. The van der Waals surface area contributed by atoms with E-state index in [1.807, 2.05) is 12.1 Å². The van der Waals surface area contributed by atoms with Crippen LogP contribution in [0.15, 0.2) is 24.3 Å². The van der Waals surface area contributed by atoms with Gasteiger partial charge in [-0.2, -0.15) is 0 Å². The van der Waals surface area contributed by atoms with E-state index in [4.69, 9.17) is 11.6 Å². The molecule has 2 rings (SSSR count). The van der Waals surface area contributed by atoms with Crippen molar-refractivity contribution in [2.24, 2.45) is 0 Å². The summed E-state index contributed by atoms with van der Waals surface area (Å²) >= 11 is 5.83. The number of hydrogen-bond donors (Lipinski definition) is 1. The number of piperidine rings is 1. The van der Waals surface area contributed by atoms with Gasteiger partial charge in [0.25, 0.3) is 0 Å². The Morgan fingerprint density at radius 3 is 2.33 bits per heavy atom. The van der Waals surface area contributed by atoms with Crippen LogP contribution in [0.1, 0.15) is 38.2 Å². The molecule has 0 aromatic heterocycles. The Kier molecular flexibility index (Phi) is 6.79. The van der Waals surface area contributed by atoms with Gasteiger partial charge in [0.1, 0.15) is 5.78 Å². The molecule has 1 heterocycles. The van der Waals surface area contributed by atoms with Crippen molar-refractivity contribution in [1.82, 2.24) is 10.2 Å². The first-order valence-electron chi connectivity index (χ1n) is 8.25. The topological polar surface area (TPSA) is 66.5 Å². The Morgan fingerprint density at radius 2 is 1.75 bits per heavy atom. The minimum Gasteiger partial charge on any atom is -0.353 e. The summed E-state index contributed by atoms with van der Waals surface area (Å²) in [4.78, 5) is 36.8. The number of carbonyl (C=O) groups excluding carboxylic acids is 3. The third-order valence-corrected chi connectivity index (χ3v) is 4.43. The van der Waals surface area contributed by atoms with Crippen LogP contribution in [0.3, 0.4) is 0 Å². The average molecular weight is 351 g/mol. The van der Waals surface area contributed by atoms with E-state index >= 15 is 0 Å². The summed E-state index contributed by atoms with van der Waals surface area (Å²) in [5.74, 6) is 0.0440. The maximum atomic E-state index is 12.1. The van der Waals surface area contributed by atoms with Gasteiger partial charge in [-0.1, -0.05) is 23.7 Å². The summed E-state index contributed by atoms with van der Waals surface area (Å²) in [6, 6.07) is 7.34. The highest BCUT2D eigenvalue weighted by atomic mass is 35.5. The molecule has 0 aliphatic carbocycles. The van der Waals surface area contributed by atoms with Crippen LogP contribution in [0.2, 0.25) is 5.02 Å². The summed E-state index contributed by atoms with van der Waals surface area (Å²) in [6.07, 6.45) is 2.41. The summed E-state index contributed by atoms with van der Waals surface area (Å²) in [5, 5.41) is 3.68. The smallest absolute Gasteiger partial charge is 0.224 e. The van der Waals surface area contributed by atoms with E-state index in [2.05, 4.69) is 5.32 Å². The minimum atomic E-state index is -0.0151. The number of benzene rings is 1. The van der Waals surface area contributed by atoms with E-state index in [0.717, 1.165) is 18.4 Å². The SMILES string of the molecule is CC(=O)CCC(=O)N1CCC(NC(=O)Cc2ccc(Cl)cc2)CC1. The van der Waals surface area contributed by atoms with Gasteiger partial charge in [-0.25, -0.2) is 0 Å². The van der Waals surface area contributed by atoms with Gasteiger partial charge in [-0.3, -0.25) is 9.59 Å². The predicted octanol–water partition coefficient (Wildman–Crippen LogP) is 2.36. The van der Waals surface area contributed by atoms with E-state index in [-0.39, 0.29) is 30.1 Å². The van der Waals surface area contributed by atoms with Crippen molar-refractivity contribution in [2.75, 3.05) is 13.1 Å². The number of amides is 2. The monoisotopic (exact) mass is 350 g/mol. The van der Waals surface area contributed by atoms with Crippen molar-refractivity contribution in [3.63, 3.8) is 0 Å². The summed E-state index contributed by atoms with van der Waals surface area (Å²) in [7, 11) is 0. The largest absolute Gasteiger partial charge is 0.353 e. The van der Waals surface area contributed by atoms with Crippen molar-refractivity contribution in [1.29, 1.82) is 0 Å². The second-order valence-corrected chi connectivity index (χ2v) is 6.66. The zero-order valence-corrected chi connectivity index (χ0v) is 14.6. The van der Waals surface area contributed by atoms with Crippen LogP contribution in [0.4, 0.5) is 0 Å². The maximum Gasteiger partial charge on any atom is 0.224 e. The normalized spacial score (nSPS) is 15.2. The third-order valence-electron chi connectivity index (χ3n) is 4.18. The van der Waals surface area contributed by atoms with Gasteiger partial charge in [0, 0.05) is 37.0 Å². The van der Waals surface area contributed by atoms with Crippen LogP contribution >= 0.6 is 11.6 Å². The number of carbonyl (C=O) groups is 3. The Morgan fingerprint density at radius 1 is 1.12 bits per heavy atom. The van der Waals surface area contributed by atoms with Crippen LogP contribution in [0, 0.1) is 0 Å². The predicted molar refractivity (Wildman–Crippen MR) is 92.8 cm³/mol. The zero-order valence-electron chi connectivity index (χ0n) is 13.9. The maximum absolute atomic E-state index is 12.1. The third kappa shape index (κ3) is 5.96. The molecular weight excluding hydrogens is 328 g/mol. The molecule has 0 radical (unpaired) electrons. The van der Waals surface area contributed by atoms with E-state index in [9.17, 15) is 14.4 Å². The molecule has 1 aliphatic heterocycles. The molecule has 0 unspecified atom stereocenters. The van der Waals surface area contributed by atoms with E-state index < -0.39 is 0 Å². The zero-order chi connectivity index (χ0) is 17.5. The molecule has 24 heavy (non-hydrogen) atoms. The summed E-state index contributed by atoms with van der Waals surface area (Å²) in [6.45, 7) is 2.75. The van der Waals surface area contributed by atoms with Gasteiger partial charge < -0.3 is 15.0 Å². The molecule has 1 aromatic rings. The van der Waals surface area contributed by atoms with E-state index in [1.54, 1.807) is 17.0 Å². The van der Waals surface area contributed by atoms with E-state index in [1.165, 1.54) is 6.92 Å². The molecule has 0 bridgehead atoms. The highest BCUT2D eigenvalue weighted by Crippen LogP contribution is 2.13. The molecule has 5 nitrogen and oxygen atoms in total. The van der Waals surface area contributed by atoms with Crippen molar-refractivity contribution >= 4 is 29.2 Å². The molecule has 1 saturated heterocycles. The number of rotatable bonds is 6. The summed E-state index contributed by atoms with van der Waals surface area (Å²) in [5.41, 5.74) is 0.925. The molecule has 1 fully saturated rings. The first-order valence-corrected chi connectivity index (χ1v) is 8.63. The first kappa shape index (κ1) is 18.5. The highest BCUT2D eigenvalue weighted by Gasteiger charge is 2.23. The Hall–Kier alpha value is -1.88. The molecular formula is C18H23ClN2O3. The fraction of sp³-hybridized carbons (Fsp3) is 0.500. The fourth-order valence-electron chi connectivity index (χ4n) is 2.78. The van der Waals surface area contributed by atoms with Gasteiger partial charge in [-0.05, 0) is 37.5 Å². The van der Waals surface area contributed by atoms with Crippen LogP contribution in [0.5, 0.6) is 0 Å². The molecule has 2 amide bonds. The Balaban J connectivity index is 1.72. The Bertz CT molecular complexity index is 593. The van der Waals surface area contributed by atoms with Crippen molar-refractivity contribution in [2.45, 2.75) is 45.1 Å². The number of ketones is 1. The van der Waals surface area contributed by atoms with Gasteiger partial charge in [-0.15, -0.1) is 0 Å². The summed E-state index contributed by atoms with van der Waals surface area (Å²) < 4.78 is 0. The van der Waals surface area contributed by atoms with Gasteiger partial charge >= 0.3 is 0 Å². The molecule has 0 atom stereocenters. The average Bonchev–Trinajstić information content (AvgIpc) is 2.55. The second-order valence-electron chi connectivity index (χ2n) is 6.23. The van der Waals surface area contributed by atoms with Crippen LogP contribution in [-0.4, -0.2) is 41.6 Å². The molecule has 6 heteroatoms. The number of Topliss-reactive ketones (excluding diaryl/α,β-unsaturated/α-hetero) is 1. The quantitative estimate of drug-likeness (QED) is 0.856. The van der Waals surface area contributed by atoms with Gasteiger partial charge in [0.15, 0.2) is 0 Å². The molecule has 1 aromatic carbocycles. The number of hydrogen-bond acceptors (Lipinski definition) is 3. The van der Waals surface area contributed by atoms with Crippen molar-refractivity contribution in [3.8, 4) is 0 Å². The molecule has 0 spiro atoms. The van der Waals surface area contributed by atoms with E-state index in [0.29, 0.717) is 31.0 Å². The molecule has 1 aliphatic rings. The number of nitrogens with zero attached hydrogens (tertiary/aromatic N) is 1. The number of likely N-dealkylation sites (tertiary alicyclic amines) is 1. The highest BCUT2D eigenvalue weighted by molar-refractivity contribution is 6.30. The Labute approximate surface area is 147 Å². The van der Waals surface area contributed by atoms with Gasteiger partial charge in [0.2, 0.25) is 11.8 Å². The van der Waals surface area contributed by atoms with Crippen LogP contribution in [-0.2, 0) is 20.8 Å². The lowest BCUT2D eigenvalue weighted by molar-refractivity contribution is -0.134. The lowest BCUT2D eigenvalue weighted by atomic mass is 10.0. The molecule has 1 N–H and O–H groups in total. The first-order chi connectivity index (χ1) is 11.4. The minimum absolute atomic E-state index is 0.0151. The molecule has 0 saturated carbocycles. The van der Waals surface area contributed by atoms with Crippen molar-refractivity contribution in [3.05, 3.63) is 34.9 Å². The van der Waals surface area contributed by atoms with Crippen LogP contribution in [0.25, 0.3) is 0 Å². The standard InChI is InChI=1S/C18H23ClN2O3/c1-13(22)2-7-18(24)21-10-8-16(9-11-21)20-17(23)12-14-3-5-15(19)6-4-14/h3-6,16H,2,7-12H2,1H3,(H,20,23). The fourth-order valence-corrected chi connectivity index (χ4v) is 2.91. The number of halogens is 1. The lowest BCUT2D eigenvalue weighted by Gasteiger charge is -2.32. The number of nitrogens with one attached hydrogen (secondary N) is 1. The molecule has 130 valence electrons. The second kappa shape index (κ2) is 8.83. The van der Waals surface area contributed by atoms with Crippen LogP contribution < -0.4 is 5.32 Å². The van der Waals surface area contributed by atoms with Gasteiger partial charge in [0.05, 0.1) is 6.42 Å². The van der Waals surface area contributed by atoms with Crippen molar-refractivity contribution < 1.29 is 14.4 Å².